The van der Waals surface area contributed by atoms with Crippen LogP contribution in [-0.4, -0.2) is 61.4 Å². The van der Waals surface area contributed by atoms with E-state index in [4.69, 9.17) is 9.47 Å². The maximum absolute atomic E-state index is 12.6. The Kier molecular flexibility index (Phi) is 4.96. The summed E-state index contributed by atoms with van der Waals surface area (Å²) < 4.78 is 38.0. The molecule has 1 aliphatic rings. The molecule has 0 saturated carbocycles. The molecule has 1 aromatic rings. The SMILES string of the molecule is CCOC(=O)c1cn(CC)nc1S(=O)(=O)N1CCOCC1. The van der Waals surface area contributed by atoms with Crippen molar-refractivity contribution in [2.24, 2.45) is 0 Å². The number of carbonyl (C=O) groups excluding carboxylic acids is 1. The summed E-state index contributed by atoms with van der Waals surface area (Å²) in [5, 5.41) is 3.78. The van der Waals surface area contributed by atoms with Crippen LogP contribution in [0.4, 0.5) is 0 Å². The number of nitrogens with zero attached hydrogens (tertiary/aromatic N) is 3. The molecule has 118 valence electrons. The number of morpholine rings is 1. The van der Waals surface area contributed by atoms with Crippen LogP contribution in [0.25, 0.3) is 0 Å². The molecule has 2 rings (SSSR count). The number of hydrogen-bond acceptors (Lipinski definition) is 6. The summed E-state index contributed by atoms with van der Waals surface area (Å²) in [5.74, 6) is -0.677. The van der Waals surface area contributed by atoms with E-state index in [-0.39, 0.29) is 30.3 Å². The lowest BCUT2D eigenvalue weighted by atomic mass is 10.4. The molecule has 9 heteroatoms. The van der Waals surface area contributed by atoms with Crippen LogP contribution in [0.1, 0.15) is 24.2 Å². The summed E-state index contributed by atoms with van der Waals surface area (Å²) in [6.07, 6.45) is 1.41. The standard InChI is InChI=1S/C12H19N3O5S/c1-3-14-9-10(12(16)20-4-2)11(13-14)21(17,18)15-5-7-19-8-6-15/h9H,3-8H2,1-2H3. The normalized spacial score (nSPS) is 16.9. The first-order valence-corrected chi connectivity index (χ1v) is 8.27. The number of sulfonamides is 1. The number of rotatable bonds is 5. The fourth-order valence-electron chi connectivity index (χ4n) is 2.01. The molecule has 21 heavy (non-hydrogen) atoms. The summed E-state index contributed by atoms with van der Waals surface area (Å²) >= 11 is 0. The highest BCUT2D eigenvalue weighted by molar-refractivity contribution is 7.89. The highest BCUT2D eigenvalue weighted by Gasteiger charge is 2.34. The Morgan fingerprint density at radius 2 is 2.05 bits per heavy atom. The minimum Gasteiger partial charge on any atom is -0.462 e. The molecule has 0 radical (unpaired) electrons. The van der Waals surface area contributed by atoms with Crippen LogP contribution in [-0.2, 0) is 26.0 Å². The molecule has 0 aromatic carbocycles. The van der Waals surface area contributed by atoms with Crippen molar-refractivity contribution in [1.82, 2.24) is 14.1 Å². The smallest absolute Gasteiger partial charge is 0.342 e. The van der Waals surface area contributed by atoms with Crippen molar-refractivity contribution >= 4 is 16.0 Å². The van der Waals surface area contributed by atoms with Gasteiger partial charge in [-0.2, -0.15) is 9.40 Å². The van der Waals surface area contributed by atoms with E-state index >= 15 is 0 Å². The molecule has 0 bridgehead atoms. The van der Waals surface area contributed by atoms with E-state index in [0.29, 0.717) is 19.8 Å². The maximum atomic E-state index is 12.6. The third-order valence-electron chi connectivity index (χ3n) is 3.10. The lowest BCUT2D eigenvalue weighted by molar-refractivity contribution is 0.0521. The third-order valence-corrected chi connectivity index (χ3v) is 4.94. The van der Waals surface area contributed by atoms with Crippen molar-refractivity contribution in [3.63, 3.8) is 0 Å². The molecule has 1 fully saturated rings. The molecule has 0 atom stereocenters. The van der Waals surface area contributed by atoms with E-state index in [1.54, 1.807) is 6.92 Å². The fraction of sp³-hybridized carbons (Fsp3) is 0.667. The van der Waals surface area contributed by atoms with Crippen molar-refractivity contribution < 1.29 is 22.7 Å². The van der Waals surface area contributed by atoms with Gasteiger partial charge in [0.1, 0.15) is 5.56 Å². The highest BCUT2D eigenvalue weighted by Crippen LogP contribution is 2.20. The van der Waals surface area contributed by atoms with Gasteiger partial charge in [-0.25, -0.2) is 13.2 Å². The molecule has 1 saturated heterocycles. The van der Waals surface area contributed by atoms with Gasteiger partial charge in [-0.15, -0.1) is 0 Å². The average Bonchev–Trinajstić information content (AvgIpc) is 2.93. The largest absolute Gasteiger partial charge is 0.462 e. The monoisotopic (exact) mass is 317 g/mol. The lowest BCUT2D eigenvalue weighted by Gasteiger charge is -2.25. The van der Waals surface area contributed by atoms with Crippen LogP contribution in [0.5, 0.6) is 0 Å². The van der Waals surface area contributed by atoms with Crippen LogP contribution in [0.15, 0.2) is 11.2 Å². The van der Waals surface area contributed by atoms with E-state index < -0.39 is 16.0 Å². The second-order valence-electron chi connectivity index (χ2n) is 4.44. The van der Waals surface area contributed by atoms with E-state index in [0.717, 1.165) is 0 Å². The van der Waals surface area contributed by atoms with Crippen LogP contribution in [0.3, 0.4) is 0 Å². The highest BCUT2D eigenvalue weighted by atomic mass is 32.2. The van der Waals surface area contributed by atoms with E-state index in [1.165, 1.54) is 15.2 Å². The van der Waals surface area contributed by atoms with Gasteiger partial charge >= 0.3 is 5.97 Å². The molecule has 0 aliphatic carbocycles. The van der Waals surface area contributed by atoms with Gasteiger partial charge in [0.25, 0.3) is 10.0 Å². The Hall–Kier alpha value is -1.45. The minimum atomic E-state index is -3.82. The predicted molar refractivity (Wildman–Crippen MR) is 73.4 cm³/mol. The Labute approximate surface area is 123 Å². The molecule has 0 N–H and O–H groups in total. The lowest BCUT2D eigenvalue weighted by Crippen LogP contribution is -2.41. The first kappa shape index (κ1) is 15.9. The predicted octanol–water partition coefficient (Wildman–Crippen LogP) is 0.101. The van der Waals surface area contributed by atoms with Gasteiger partial charge < -0.3 is 9.47 Å². The van der Waals surface area contributed by atoms with Crippen molar-refractivity contribution in [2.45, 2.75) is 25.4 Å². The Bertz CT molecular complexity index is 604. The van der Waals surface area contributed by atoms with Crippen LogP contribution in [0, 0.1) is 0 Å². The molecule has 2 heterocycles. The van der Waals surface area contributed by atoms with Crippen molar-refractivity contribution in [3.05, 3.63) is 11.8 Å². The zero-order chi connectivity index (χ0) is 15.5. The second-order valence-corrected chi connectivity index (χ2v) is 6.29. The summed E-state index contributed by atoms with van der Waals surface area (Å²) in [6.45, 7) is 5.29. The first-order valence-electron chi connectivity index (χ1n) is 6.83. The second kappa shape index (κ2) is 6.54. The van der Waals surface area contributed by atoms with Crippen molar-refractivity contribution in [2.75, 3.05) is 32.9 Å². The first-order chi connectivity index (χ1) is 10.0. The summed E-state index contributed by atoms with van der Waals surface area (Å²) in [7, 11) is -3.82. The summed E-state index contributed by atoms with van der Waals surface area (Å²) in [4.78, 5) is 11.9. The van der Waals surface area contributed by atoms with E-state index in [1.807, 2.05) is 6.92 Å². The minimum absolute atomic E-state index is 0.0230. The van der Waals surface area contributed by atoms with Gasteiger partial charge in [0.15, 0.2) is 0 Å². The summed E-state index contributed by atoms with van der Waals surface area (Å²) in [5.41, 5.74) is -0.0230. The van der Waals surface area contributed by atoms with Crippen LogP contribution in [0.2, 0.25) is 0 Å². The molecule has 0 unspecified atom stereocenters. The molecule has 1 aliphatic heterocycles. The Balaban J connectivity index is 2.41. The number of carbonyl (C=O) groups is 1. The number of esters is 1. The fourth-order valence-corrected chi connectivity index (χ4v) is 3.51. The third kappa shape index (κ3) is 3.25. The van der Waals surface area contributed by atoms with Gasteiger partial charge in [0, 0.05) is 25.8 Å². The maximum Gasteiger partial charge on any atom is 0.342 e. The van der Waals surface area contributed by atoms with Gasteiger partial charge in [-0.05, 0) is 13.8 Å². The van der Waals surface area contributed by atoms with Crippen molar-refractivity contribution in [3.8, 4) is 0 Å². The van der Waals surface area contributed by atoms with Crippen molar-refractivity contribution in [1.29, 1.82) is 0 Å². The quantitative estimate of drug-likeness (QED) is 0.715. The van der Waals surface area contributed by atoms with Gasteiger partial charge in [0.05, 0.1) is 19.8 Å². The van der Waals surface area contributed by atoms with Gasteiger partial charge in [-0.3, -0.25) is 4.68 Å². The zero-order valence-corrected chi connectivity index (χ0v) is 12.9. The molecule has 1 aromatic heterocycles. The Morgan fingerprint density at radius 1 is 1.38 bits per heavy atom. The molecular weight excluding hydrogens is 298 g/mol. The van der Waals surface area contributed by atoms with E-state index in [9.17, 15) is 13.2 Å². The van der Waals surface area contributed by atoms with Crippen LogP contribution < -0.4 is 0 Å². The topological polar surface area (TPSA) is 90.7 Å². The zero-order valence-electron chi connectivity index (χ0n) is 12.1. The molecule has 8 nitrogen and oxygen atoms in total. The number of aromatic nitrogens is 2. The molecular formula is C12H19N3O5S. The number of hydrogen-bond donors (Lipinski definition) is 0. The number of ether oxygens (including phenoxy) is 2. The van der Waals surface area contributed by atoms with Gasteiger partial charge in [-0.1, -0.05) is 0 Å². The molecule has 0 amide bonds. The van der Waals surface area contributed by atoms with E-state index in [2.05, 4.69) is 5.10 Å². The average molecular weight is 317 g/mol. The van der Waals surface area contributed by atoms with Gasteiger partial charge in [0.2, 0.25) is 5.03 Å². The van der Waals surface area contributed by atoms with Crippen LogP contribution >= 0.6 is 0 Å². The number of aryl methyl sites for hydroxylation is 1. The summed E-state index contributed by atoms with van der Waals surface area (Å²) in [6, 6.07) is 0. The molecule has 0 spiro atoms. The Morgan fingerprint density at radius 3 is 2.62 bits per heavy atom.